The van der Waals surface area contributed by atoms with E-state index in [4.69, 9.17) is 0 Å². The number of urea groups is 1. The summed E-state index contributed by atoms with van der Waals surface area (Å²) >= 11 is 0. The fraction of sp³-hybridized carbons (Fsp3) is 0.562. The van der Waals surface area contributed by atoms with Crippen LogP contribution in [0.2, 0.25) is 0 Å². The lowest BCUT2D eigenvalue weighted by molar-refractivity contribution is 0.151. The van der Waals surface area contributed by atoms with Gasteiger partial charge in [-0.2, -0.15) is 10.2 Å². The summed E-state index contributed by atoms with van der Waals surface area (Å²) in [6.45, 7) is 1.40. The molecule has 2 aromatic rings. The number of carbonyl (C=O) groups is 1. The molecule has 0 radical (unpaired) electrons. The highest BCUT2D eigenvalue weighted by Gasteiger charge is 2.28. The summed E-state index contributed by atoms with van der Waals surface area (Å²) in [5.74, 6) is 0. The Balaban J connectivity index is 1.57. The van der Waals surface area contributed by atoms with Gasteiger partial charge in [-0.3, -0.25) is 9.36 Å². The summed E-state index contributed by atoms with van der Waals surface area (Å²) in [4.78, 5) is 14.5. The number of hydrogen-bond acceptors (Lipinski definition) is 3. The highest BCUT2D eigenvalue weighted by molar-refractivity contribution is 5.74. The zero-order valence-electron chi connectivity index (χ0n) is 13.8. The van der Waals surface area contributed by atoms with Crippen molar-refractivity contribution in [2.75, 3.05) is 13.1 Å². The molecular formula is C16H24N6O. The molecule has 2 amide bonds. The molecule has 0 aliphatic carbocycles. The van der Waals surface area contributed by atoms with Gasteiger partial charge in [0.05, 0.1) is 17.9 Å². The number of aryl methyl sites for hydroxylation is 2. The van der Waals surface area contributed by atoms with Crippen LogP contribution in [0.5, 0.6) is 0 Å². The van der Waals surface area contributed by atoms with E-state index in [9.17, 15) is 4.79 Å². The topological polar surface area (TPSA) is 68.0 Å². The third kappa shape index (κ3) is 3.72. The van der Waals surface area contributed by atoms with Crippen molar-refractivity contribution in [3.63, 3.8) is 0 Å². The zero-order valence-corrected chi connectivity index (χ0v) is 13.8. The average Bonchev–Trinajstić information content (AvgIpc) is 3.16. The minimum Gasteiger partial charge on any atom is -0.338 e. The van der Waals surface area contributed by atoms with Gasteiger partial charge in [-0.1, -0.05) is 0 Å². The number of rotatable bonds is 4. The van der Waals surface area contributed by atoms with E-state index in [1.165, 1.54) is 0 Å². The van der Waals surface area contributed by atoms with Gasteiger partial charge >= 0.3 is 6.03 Å². The molecule has 1 unspecified atom stereocenters. The third-order valence-electron chi connectivity index (χ3n) is 4.30. The maximum atomic E-state index is 12.5. The van der Waals surface area contributed by atoms with Gasteiger partial charge in [-0.15, -0.1) is 0 Å². The summed E-state index contributed by atoms with van der Waals surface area (Å²) in [5.41, 5.74) is 2.11. The monoisotopic (exact) mass is 316 g/mol. The Labute approximate surface area is 136 Å². The normalized spacial score (nSPS) is 18.2. The summed E-state index contributed by atoms with van der Waals surface area (Å²) in [5, 5.41) is 11.6. The molecule has 1 fully saturated rings. The Kier molecular flexibility index (Phi) is 4.64. The maximum absolute atomic E-state index is 12.5. The molecule has 0 spiro atoms. The van der Waals surface area contributed by atoms with Crippen molar-refractivity contribution in [1.29, 1.82) is 0 Å². The largest absolute Gasteiger partial charge is 0.338 e. The number of aromatic nitrogens is 4. The molecule has 7 heteroatoms. The van der Waals surface area contributed by atoms with Crippen LogP contribution in [0.15, 0.2) is 24.7 Å². The zero-order chi connectivity index (χ0) is 16.2. The van der Waals surface area contributed by atoms with Gasteiger partial charge in [-0.25, -0.2) is 4.79 Å². The maximum Gasteiger partial charge on any atom is 0.317 e. The van der Waals surface area contributed by atoms with E-state index in [-0.39, 0.29) is 12.1 Å². The van der Waals surface area contributed by atoms with Gasteiger partial charge in [0.2, 0.25) is 0 Å². The molecule has 1 saturated heterocycles. The SMILES string of the molecule is Cn1cc(C2CCCCN2C(=O)NCCc2ccn(C)n2)cn1. The molecule has 0 saturated carbocycles. The first kappa shape index (κ1) is 15.6. The standard InChI is InChI=1S/C16H24N6O/c1-20-10-7-14(19-20)6-8-17-16(23)22-9-4-3-5-15(22)13-11-18-21(2)12-13/h7,10-12,15H,3-6,8-9H2,1-2H3,(H,17,23). The number of hydrogen-bond donors (Lipinski definition) is 1. The van der Waals surface area contributed by atoms with Gasteiger partial charge in [0.1, 0.15) is 0 Å². The Hall–Kier alpha value is -2.31. The summed E-state index contributed by atoms with van der Waals surface area (Å²) in [6, 6.07) is 2.12. The molecule has 2 aromatic heterocycles. The molecule has 124 valence electrons. The summed E-state index contributed by atoms with van der Waals surface area (Å²) in [7, 11) is 3.80. The molecular weight excluding hydrogens is 292 g/mol. The molecule has 1 N–H and O–H groups in total. The van der Waals surface area contributed by atoms with Crippen molar-refractivity contribution in [2.24, 2.45) is 14.1 Å². The molecule has 0 aromatic carbocycles. The van der Waals surface area contributed by atoms with Gasteiger partial charge in [0.25, 0.3) is 0 Å². The molecule has 7 nitrogen and oxygen atoms in total. The lowest BCUT2D eigenvalue weighted by atomic mass is 9.98. The Morgan fingerprint density at radius 3 is 2.91 bits per heavy atom. The van der Waals surface area contributed by atoms with Gasteiger partial charge in [0, 0.05) is 51.6 Å². The molecule has 3 heterocycles. The minimum absolute atomic E-state index is 0.00878. The Bertz CT molecular complexity index is 661. The van der Waals surface area contributed by atoms with E-state index < -0.39 is 0 Å². The highest BCUT2D eigenvalue weighted by atomic mass is 16.2. The predicted octanol–water partition coefficient (Wildman–Crippen LogP) is 1.63. The fourth-order valence-corrected chi connectivity index (χ4v) is 3.13. The van der Waals surface area contributed by atoms with Crippen molar-refractivity contribution in [3.05, 3.63) is 35.9 Å². The van der Waals surface area contributed by atoms with Crippen LogP contribution < -0.4 is 5.32 Å². The summed E-state index contributed by atoms with van der Waals surface area (Å²) in [6.07, 6.45) is 9.74. The lowest BCUT2D eigenvalue weighted by Gasteiger charge is -2.35. The van der Waals surface area contributed by atoms with Crippen molar-refractivity contribution in [3.8, 4) is 0 Å². The molecule has 3 rings (SSSR count). The quantitative estimate of drug-likeness (QED) is 0.932. The number of amides is 2. The van der Waals surface area contributed by atoms with Crippen LogP contribution in [-0.2, 0) is 20.5 Å². The van der Waals surface area contributed by atoms with Crippen molar-refractivity contribution >= 4 is 6.03 Å². The van der Waals surface area contributed by atoms with E-state index in [0.29, 0.717) is 6.54 Å². The van der Waals surface area contributed by atoms with Crippen molar-refractivity contribution < 1.29 is 4.79 Å². The smallest absolute Gasteiger partial charge is 0.317 e. The van der Waals surface area contributed by atoms with E-state index in [2.05, 4.69) is 15.5 Å². The number of likely N-dealkylation sites (tertiary alicyclic amines) is 1. The van der Waals surface area contributed by atoms with Crippen LogP contribution in [0.25, 0.3) is 0 Å². The van der Waals surface area contributed by atoms with Gasteiger partial charge in [-0.05, 0) is 25.3 Å². The van der Waals surface area contributed by atoms with Crippen LogP contribution in [0.1, 0.15) is 36.6 Å². The summed E-state index contributed by atoms with van der Waals surface area (Å²) < 4.78 is 3.57. The number of carbonyl (C=O) groups excluding carboxylic acids is 1. The first-order chi connectivity index (χ1) is 11.1. The lowest BCUT2D eigenvalue weighted by Crippen LogP contribution is -2.45. The Morgan fingerprint density at radius 2 is 2.22 bits per heavy atom. The van der Waals surface area contributed by atoms with Gasteiger partial charge in [0.15, 0.2) is 0 Å². The van der Waals surface area contributed by atoms with E-state index in [1.54, 1.807) is 9.36 Å². The average molecular weight is 316 g/mol. The van der Waals surface area contributed by atoms with Crippen LogP contribution in [-0.4, -0.2) is 43.6 Å². The van der Waals surface area contributed by atoms with E-state index in [0.717, 1.165) is 43.5 Å². The van der Waals surface area contributed by atoms with Crippen LogP contribution in [0.3, 0.4) is 0 Å². The number of nitrogens with one attached hydrogen (secondary N) is 1. The minimum atomic E-state index is 0.00878. The predicted molar refractivity (Wildman–Crippen MR) is 86.8 cm³/mol. The van der Waals surface area contributed by atoms with E-state index >= 15 is 0 Å². The van der Waals surface area contributed by atoms with Gasteiger partial charge < -0.3 is 10.2 Å². The third-order valence-corrected chi connectivity index (χ3v) is 4.30. The second kappa shape index (κ2) is 6.85. The second-order valence-electron chi connectivity index (χ2n) is 6.11. The van der Waals surface area contributed by atoms with Crippen molar-refractivity contribution in [1.82, 2.24) is 29.8 Å². The van der Waals surface area contributed by atoms with Crippen LogP contribution >= 0.6 is 0 Å². The molecule has 1 atom stereocenters. The molecule has 0 bridgehead atoms. The molecule has 1 aliphatic heterocycles. The van der Waals surface area contributed by atoms with Crippen molar-refractivity contribution in [2.45, 2.75) is 31.7 Å². The fourth-order valence-electron chi connectivity index (χ4n) is 3.13. The first-order valence-corrected chi connectivity index (χ1v) is 8.15. The molecule has 23 heavy (non-hydrogen) atoms. The van der Waals surface area contributed by atoms with Crippen LogP contribution in [0, 0.1) is 0 Å². The highest BCUT2D eigenvalue weighted by Crippen LogP contribution is 2.30. The number of nitrogens with zero attached hydrogens (tertiary/aromatic N) is 5. The first-order valence-electron chi connectivity index (χ1n) is 8.15. The molecule has 1 aliphatic rings. The second-order valence-corrected chi connectivity index (χ2v) is 6.11. The van der Waals surface area contributed by atoms with E-state index in [1.807, 2.05) is 43.7 Å². The van der Waals surface area contributed by atoms with Crippen LogP contribution in [0.4, 0.5) is 4.79 Å². The number of piperidine rings is 1. The Morgan fingerprint density at radius 1 is 1.35 bits per heavy atom.